The van der Waals surface area contributed by atoms with Crippen LogP contribution in [-0.4, -0.2) is 6.04 Å². The Kier molecular flexibility index (Phi) is 5.43. The van der Waals surface area contributed by atoms with Crippen LogP contribution in [0, 0.1) is 13.8 Å². The van der Waals surface area contributed by atoms with Crippen molar-refractivity contribution in [2.24, 2.45) is 5.73 Å². The predicted octanol–water partition coefficient (Wildman–Crippen LogP) is 4.53. The minimum Gasteiger partial charge on any atom is -0.489 e. The highest BCUT2D eigenvalue weighted by Crippen LogP contribution is 2.26. The molecule has 0 amide bonds. The Morgan fingerprint density at radius 1 is 1.14 bits per heavy atom. The fourth-order valence-electron chi connectivity index (χ4n) is 2.42. The third-order valence-electron chi connectivity index (χ3n) is 3.58. The lowest BCUT2D eigenvalue weighted by Gasteiger charge is -2.16. The molecule has 0 spiro atoms. The van der Waals surface area contributed by atoms with E-state index in [1.54, 1.807) is 0 Å². The zero-order valence-electron chi connectivity index (χ0n) is 12.8. The van der Waals surface area contributed by atoms with Gasteiger partial charge in [-0.05, 0) is 67.6 Å². The second-order valence-corrected chi connectivity index (χ2v) is 6.51. The van der Waals surface area contributed by atoms with Crippen LogP contribution in [0.25, 0.3) is 0 Å². The van der Waals surface area contributed by atoms with Crippen LogP contribution < -0.4 is 10.5 Å². The van der Waals surface area contributed by atoms with Crippen molar-refractivity contribution in [3.05, 3.63) is 63.1 Å². The molecule has 1 atom stereocenters. The first-order chi connectivity index (χ1) is 9.97. The summed E-state index contributed by atoms with van der Waals surface area (Å²) in [4.78, 5) is 0. The SMILES string of the molecule is Cc1cccc(C)c1COc1ccc(Br)cc1CC(C)N. The van der Waals surface area contributed by atoms with Crippen LogP contribution in [0.5, 0.6) is 5.75 Å². The number of hydrogen-bond donors (Lipinski definition) is 1. The summed E-state index contributed by atoms with van der Waals surface area (Å²) in [6, 6.07) is 12.5. The fraction of sp³-hybridized carbons (Fsp3) is 0.333. The Morgan fingerprint density at radius 3 is 2.43 bits per heavy atom. The highest BCUT2D eigenvalue weighted by molar-refractivity contribution is 9.10. The number of rotatable bonds is 5. The Bertz CT molecular complexity index is 602. The van der Waals surface area contributed by atoms with E-state index in [0.29, 0.717) is 6.61 Å². The molecule has 0 radical (unpaired) electrons. The Hall–Kier alpha value is -1.32. The van der Waals surface area contributed by atoms with Gasteiger partial charge in [-0.1, -0.05) is 34.1 Å². The van der Waals surface area contributed by atoms with E-state index in [4.69, 9.17) is 10.5 Å². The van der Waals surface area contributed by atoms with Crippen molar-refractivity contribution >= 4 is 15.9 Å². The van der Waals surface area contributed by atoms with Crippen LogP contribution in [-0.2, 0) is 13.0 Å². The van der Waals surface area contributed by atoms with E-state index in [1.807, 2.05) is 19.1 Å². The minimum atomic E-state index is 0.113. The number of hydrogen-bond acceptors (Lipinski definition) is 2. The standard InChI is InChI=1S/C18H22BrNO/c1-12-5-4-6-13(2)17(12)11-21-18-8-7-16(19)10-15(18)9-14(3)20/h4-8,10,14H,9,11,20H2,1-3H3. The molecule has 2 rings (SSSR count). The lowest BCUT2D eigenvalue weighted by molar-refractivity contribution is 0.301. The third kappa shape index (κ3) is 4.32. The minimum absolute atomic E-state index is 0.113. The number of nitrogens with two attached hydrogens (primary N) is 1. The molecule has 2 aromatic rings. The summed E-state index contributed by atoms with van der Waals surface area (Å²) in [6.45, 7) is 6.84. The quantitative estimate of drug-likeness (QED) is 0.861. The predicted molar refractivity (Wildman–Crippen MR) is 91.7 cm³/mol. The van der Waals surface area contributed by atoms with Crippen LogP contribution in [0.1, 0.15) is 29.2 Å². The summed E-state index contributed by atoms with van der Waals surface area (Å²) in [6.07, 6.45) is 0.807. The molecule has 0 bridgehead atoms. The van der Waals surface area contributed by atoms with Gasteiger partial charge in [0.1, 0.15) is 12.4 Å². The molecule has 2 aromatic carbocycles. The van der Waals surface area contributed by atoms with Gasteiger partial charge in [-0.3, -0.25) is 0 Å². The molecule has 0 aromatic heterocycles. The molecule has 21 heavy (non-hydrogen) atoms. The Balaban J connectivity index is 2.20. The van der Waals surface area contributed by atoms with E-state index in [1.165, 1.54) is 16.7 Å². The molecule has 1 unspecified atom stereocenters. The molecule has 0 aliphatic carbocycles. The molecule has 0 saturated heterocycles. The molecule has 0 heterocycles. The topological polar surface area (TPSA) is 35.2 Å². The summed E-state index contributed by atoms with van der Waals surface area (Å²) in [5.41, 5.74) is 10.9. The monoisotopic (exact) mass is 347 g/mol. The number of halogens is 1. The maximum absolute atomic E-state index is 6.06. The summed E-state index contributed by atoms with van der Waals surface area (Å²) in [5, 5.41) is 0. The van der Waals surface area contributed by atoms with Gasteiger partial charge >= 0.3 is 0 Å². The van der Waals surface area contributed by atoms with Crippen LogP contribution in [0.15, 0.2) is 40.9 Å². The molecule has 0 aliphatic heterocycles. The number of ether oxygens (including phenoxy) is 1. The van der Waals surface area contributed by atoms with E-state index in [9.17, 15) is 0 Å². The van der Waals surface area contributed by atoms with Gasteiger partial charge in [0.15, 0.2) is 0 Å². The van der Waals surface area contributed by atoms with E-state index < -0.39 is 0 Å². The van der Waals surface area contributed by atoms with Crippen molar-refractivity contribution < 1.29 is 4.74 Å². The largest absolute Gasteiger partial charge is 0.489 e. The number of benzene rings is 2. The van der Waals surface area contributed by atoms with Crippen molar-refractivity contribution in [1.29, 1.82) is 0 Å². The highest BCUT2D eigenvalue weighted by Gasteiger charge is 2.09. The van der Waals surface area contributed by atoms with Crippen molar-refractivity contribution in [2.75, 3.05) is 0 Å². The highest BCUT2D eigenvalue weighted by atomic mass is 79.9. The van der Waals surface area contributed by atoms with Crippen LogP contribution in [0.4, 0.5) is 0 Å². The van der Waals surface area contributed by atoms with Crippen LogP contribution in [0.3, 0.4) is 0 Å². The molecule has 2 N–H and O–H groups in total. The molecule has 112 valence electrons. The van der Waals surface area contributed by atoms with Gasteiger partial charge in [0.2, 0.25) is 0 Å². The van der Waals surface area contributed by atoms with E-state index in [-0.39, 0.29) is 6.04 Å². The molecule has 0 fully saturated rings. The van der Waals surface area contributed by atoms with E-state index >= 15 is 0 Å². The maximum Gasteiger partial charge on any atom is 0.123 e. The van der Waals surface area contributed by atoms with Crippen LogP contribution >= 0.6 is 15.9 Å². The first kappa shape index (κ1) is 16.1. The van der Waals surface area contributed by atoms with Gasteiger partial charge in [0.05, 0.1) is 0 Å². The van der Waals surface area contributed by atoms with Crippen molar-refractivity contribution in [1.82, 2.24) is 0 Å². The zero-order valence-corrected chi connectivity index (χ0v) is 14.4. The summed E-state index contributed by atoms with van der Waals surface area (Å²) >= 11 is 3.51. The van der Waals surface area contributed by atoms with Gasteiger partial charge < -0.3 is 10.5 Å². The normalized spacial score (nSPS) is 12.2. The van der Waals surface area contributed by atoms with E-state index in [0.717, 1.165) is 22.2 Å². The average molecular weight is 348 g/mol. The molecule has 3 heteroatoms. The molecule has 2 nitrogen and oxygen atoms in total. The van der Waals surface area contributed by atoms with Crippen LogP contribution in [0.2, 0.25) is 0 Å². The first-order valence-corrected chi connectivity index (χ1v) is 7.98. The molecule has 0 saturated carbocycles. The lowest BCUT2D eigenvalue weighted by atomic mass is 10.0. The van der Waals surface area contributed by atoms with E-state index in [2.05, 4.69) is 54.0 Å². The second-order valence-electron chi connectivity index (χ2n) is 5.59. The van der Waals surface area contributed by atoms with Gasteiger partial charge in [-0.25, -0.2) is 0 Å². The molecule has 0 aliphatic rings. The van der Waals surface area contributed by atoms with Crippen molar-refractivity contribution in [3.63, 3.8) is 0 Å². The third-order valence-corrected chi connectivity index (χ3v) is 4.07. The zero-order chi connectivity index (χ0) is 15.4. The van der Waals surface area contributed by atoms with Crippen molar-refractivity contribution in [2.45, 2.75) is 39.8 Å². The number of aryl methyl sites for hydroxylation is 2. The van der Waals surface area contributed by atoms with Crippen molar-refractivity contribution in [3.8, 4) is 5.75 Å². The van der Waals surface area contributed by atoms with Gasteiger partial charge in [-0.15, -0.1) is 0 Å². The fourth-order valence-corrected chi connectivity index (χ4v) is 2.83. The smallest absolute Gasteiger partial charge is 0.123 e. The van der Waals surface area contributed by atoms with Gasteiger partial charge in [-0.2, -0.15) is 0 Å². The second kappa shape index (κ2) is 7.10. The lowest BCUT2D eigenvalue weighted by Crippen LogP contribution is -2.18. The average Bonchev–Trinajstić information content (AvgIpc) is 2.39. The van der Waals surface area contributed by atoms with Gasteiger partial charge in [0.25, 0.3) is 0 Å². The molecular weight excluding hydrogens is 326 g/mol. The molecular formula is C18H22BrNO. The Labute approximate surface area is 135 Å². The summed E-state index contributed by atoms with van der Waals surface area (Å²) in [7, 11) is 0. The first-order valence-electron chi connectivity index (χ1n) is 7.19. The Morgan fingerprint density at radius 2 is 1.81 bits per heavy atom. The van der Waals surface area contributed by atoms with Gasteiger partial charge in [0, 0.05) is 10.5 Å². The maximum atomic E-state index is 6.06. The summed E-state index contributed by atoms with van der Waals surface area (Å²) < 4.78 is 7.12. The summed E-state index contributed by atoms with van der Waals surface area (Å²) in [5.74, 6) is 0.915.